The molecule has 2 N–H and O–H groups in total. The van der Waals surface area contributed by atoms with Crippen molar-refractivity contribution in [2.24, 2.45) is 5.92 Å². The third-order valence-corrected chi connectivity index (χ3v) is 4.24. The van der Waals surface area contributed by atoms with Gasteiger partial charge in [-0.1, -0.05) is 24.8 Å². The van der Waals surface area contributed by atoms with Crippen molar-refractivity contribution >= 4 is 34.5 Å². The number of amides is 3. The number of hydrogen-bond acceptors (Lipinski definition) is 4. The molecule has 0 aliphatic carbocycles. The van der Waals surface area contributed by atoms with E-state index in [-0.39, 0.29) is 5.69 Å². The Balaban J connectivity index is 2.09. The zero-order valence-electron chi connectivity index (χ0n) is 11.2. The number of benzene rings is 1. The highest BCUT2D eigenvalue weighted by Crippen LogP contribution is 2.31. The Bertz CT molecular complexity index is 633. The van der Waals surface area contributed by atoms with Gasteiger partial charge in [-0.2, -0.15) is 13.2 Å². The molecule has 0 spiro atoms. The highest BCUT2D eigenvalue weighted by molar-refractivity contribution is 8.15. The Hall–Kier alpha value is -2.03. The molecule has 1 aromatic rings. The molecule has 3 amide bonds. The summed E-state index contributed by atoms with van der Waals surface area (Å²) < 4.78 is 37.8. The molecule has 0 radical (unpaired) electrons. The van der Waals surface area contributed by atoms with E-state index < -0.39 is 40.0 Å². The lowest BCUT2D eigenvalue weighted by atomic mass is 10.1. The fourth-order valence-electron chi connectivity index (χ4n) is 1.87. The van der Waals surface area contributed by atoms with Crippen molar-refractivity contribution in [3.63, 3.8) is 0 Å². The van der Waals surface area contributed by atoms with E-state index in [0.29, 0.717) is 11.8 Å². The molecule has 1 heterocycles. The van der Waals surface area contributed by atoms with Crippen LogP contribution in [0.15, 0.2) is 24.3 Å². The molecule has 9 heteroatoms. The first-order valence-electron chi connectivity index (χ1n) is 6.18. The van der Waals surface area contributed by atoms with Gasteiger partial charge in [-0.25, -0.2) is 0 Å². The Morgan fingerprint density at radius 3 is 2.59 bits per heavy atom. The number of thioether (sulfide) groups is 1. The molecular weight excluding hydrogens is 321 g/mol. The van der Waals surface area contributed by atoms with Crippen LogP contribution < -0.4 is 10.6 Å². The minimum Gasteiger partial charge on any atom is -0.326 e. The van der Waals surface area contributed by atoms with E-state index in [9.17, 15) is 27.6 Å². The zero-order chi connectivity index (χ0) is 16.5. The summed E-state index contributed by atoms with van der Waals surface area (Å²) in [6, 6.07) is 4.17. The van der Waals surface area contributed by atoms with Crippen LogP contribution in [0, 0.1) is 5.92 Å². The van der Waals surface area contributed by atoms with Gasteiger partial charge in [-0.05, 0) is 18.2 Å². The predicted octanol–water partition coefficient (Wildman–Crippen LogP) is 2.63. The highest BCUT2D eigenvalue weighted by Gasteiger charge is 2.39. The maximum atomic E-state index is 12.6. The van der Waals surface area contributed by atoms with E-state index in [1.807, 2.05) is 0 Å². The number of halogens is 3. The molecule has 2 unspecified atom stereocenters. The topological polar surface area (TPSA) is 75.3 Å². The van der Waals surface area contributed by atoms with Gasteiger partial charge in [0.15, 0.2) is 0 Å². The summed E-state index contributed by atoms with van der Waals surface area (Å²) in [6.07, 6.45) is -4.51. The quantitative estimate of drug-likeness (QED) is 0.892. The van der Waals surface area contributed by atoms with Crippen LogP contribution in [0.25, 0.3) is 0 Å². The largest absolute Gasteiger partial charge is 0.416 e. The van der Waals surface area contributed by atoms with E-state index in [1.165, 1.54) is 19.1 Å². The second-order valence-corrected chi connectivity index (χ2v) is 5.79. The number of carbonyl (C=O) groups is 3. The molecule has 1 fully saturated rings. The lowest BCUT2D eigenvalue weighted by Gasteiger charge is -2.16. The number of anilines is 1. The number of nitrogens with one attached hydrogen (secondary N) is 2. The van der Waals surface area contributed by atoms with Crippen molar-refractivity contribution in [3.8, 4) is 0 Å². The Labute approximate surface area is 127 Å². The van der Waals surface area contributed by atoms with E-state index in [0.717, 1.165) is 12.1 Å². The summed E-state index contributed by atoms with van der Waals surface area (Å²) in [5.74, 6) is -2.09. The maximum absolute atomic E-state index is 12.6. The monoisotopic (exact) mass is 332 g/mol. The predicted molar refractivity (Wildman–Crippen MR) is 74.2 cm³/mol. The second kappa shape index (κ2) is 5.99. The van der Waals surface area contributed by atoms with Crippen LogP contribution in [-0.4, -0.2) is 22.3 Å². The first kappa shape index (κ1) is 16.3. The van der Waals surface area contributed by atoms with Crippen molar-refractivity contribution in [2.75, 3.05) is 5.32 Å². The highest BCUT2D eigenvalue weighted by atomic mass is 32.2. The summed E-state index contributed by atoms with van der Waals surface area (Å²) in [5, 5.41) is 2.94. The average molecular weight is 332 g/mol. The van der Waals surface area contributed by atoms with Gasteiger partial charge in [0.2, 0.25) is 11.8 Å². The minimum atomic E-state index is -4.51. The first-order chi connectivity index (χ1) is 10.2. The second-order valence-electron chi connectivity index (χ2n) is 4.67. The van der Waals surface area contributed by atoms with Gasteiger partial charge < -0.3 is 5.32 Å². The number of carbonyl (C=O) groups excluding carboxylic acids is 3. The molecule has 1 aliphatic rings. The summed E-state index contributed by atoms with van der Waals surface area (Å²) in [4.78, 5) is 34.6. The van der Waals surface area contributed by atoms with Gasteiger partial charge in [-0.3, -0.25) is 19.7 Å². The molecule has 2 atom stereocenters. The summed E-state index contributed by atoms with van der Waals surface area (Å²) in [5.41, 5.74) is -0.914. The van der Waals surface area contributed by atoms with E-state index in [2.05, 4.69) is 10.6 Å². The Morgan fingerprint density at radius 1 is 1.36 bits per heavy atom. The molecule has 118 valence electrons. The summed E-state index contributed by atoms with van der Waals surface area (Å²) in [6.45, 7) is 1.43. The first-order valence-corrected chi connectivity index (χ1v) is 7.06. The van der Waals surface area contributed by atoms with Crippen molar-refractivity contribution in [2.45, 2.75) is 18.3 Å². The molecule has 2 rings (SSSR count). The summed E-state index contributed by atoms with van der Waals surface area (Å²) in [7, 11) is 0. The van der Waals surface area contributed by atoms with Gasteiger partial charge in [0.25, 0.3) is 5.24 Å². The van der Waals surface area contributed by atoms with Crippen molar-refractivity contribution in [3.05, 3.63) is 29.8 Å². The van der Waals surface area contributed by atoms with Gasteiger partial charge in [0, 0.05) is 5.69 Å². The minimum absolute atomic E-state index is 0.0265. The fraction of sp³-hybridized carbons (Fsp3) is 0.308. The number of alkyl halides is 3. The van der Waals surface area contributed by atoms with Crippen LogP contribution in [-0.2, 0) is 15.8 Å². The zero-order valence-corrected chi connectivity index (χ0v) is 12.0. The van der Waals surface area contributed by atoms with Crippen molar-refractivity contribution < 1.29 is 27.6 Å². The van der Waals surface area contributed by atoms with Crippen LogP contribution >= 0.6 is 11.8 Å². The molecule has 0 bridgehead atoms. The van der Waals surface area contributed by atoms with Crippen LogP contribution in [0.5, 0.6) is 0 Å². The fourth-order valence-corrected chi connectivity index (χ4v) is 2.75. The molecule has 22 heavy (non-hydrogen) atoms. The molecule has 1 aromatic carbocycles. The molecular formula is C13H11F3N2O3S. The lowest BCUT2D eigenvalue weighted by Crippen LogP contribution is -2.35. The summed E-state index contributed by atoms with van der Waals surface area (Å²) >= 11 is 0.688. The van der Waals surface area contributed by atoms with Crippen LogP contribution in [0.3, 0.4) is 0 Å². The van der Waals surface area contributed by atoms with Crippen LogP contribution in [0.2, 0.25) is 0 Å². The van der Waals surface area contributed by atoms with Crippen molar-refractivity contribution in [1.82, 2.24) is 5.32 Å². The average Bonchev–Trinajstić information content (AvgIpc) is 2.76. The Kier molecular flexibility index (Phi) is 4.45. The van der Waals surface area contributed by atoms with Crippen LogP contribution in [0.4, 0.5) is 23.7 Å². The standard InChI is InChI=1S/C13H11F3N2O3S/c1-6(9-11(20)18-12(21)22-9)10(19)17-8-4-2-3-7(5-8)13(14,15)16/h2-6,9H,1H3,(H,17,19)(H,18,20,21). The number of imide groups is 1. The normalized spacial score (nSPS) is 19.7. The van der Waals surface area contributed by atoms with Crippen LogP contribution in [0.1, 0.15) is 12.5 Å². The SMILES string of the molecule is CC(C(=O)Nc1cccc(C(F)(F)F)c1)C1SC(=O)NC1=O. The number of hydrogen-bond donors (Lipinski definition) is 2. The molecule has 0 saturated carbocycles. The molecule has 1 aliphatic heterocycles. The molecule has 5 nitrogen and oxygen atoms in total. The van der Waals surface area contributed by atoms with Gasteiger partial charge in [0.1, 0.15) is 5.25 Å². The lowest BCUT2D eigenvalue weighted by molar-refractivity contribution is -0.137. The van der Waals surface area contributed by atoms with E-state index >= 15 is 0 Å². The van der Waals surface area contributed by atoms with Gasteiger partial charge in [-0.15, -0.1) is 0 Å². The molecule has 0 aromatic heterocycles. The van der Waals surface area contributed by atoms with Gasteiger partial charge >= 0.3 is 6.18 Å². The third-order valence-electron chi connectivity index (χ3n) is 3.04. The van der Waals surface area contributed by atoms with Gasteiger partial charge in [0.05, 0.1) is 11.5 Å². The number of rotatable bonds is 3. The van der Waals surface area contributed by atoms with Crippen molar-refractivity contribution in [1.29, 1.82) is 0 Å². The maximum Gasteiger partial charge on any atom is 0.416 e. The van der Waals surface area contributed by atoms with E-state index in [1.54, 1.807) is 0 Å². The smallest absolute Gasteiger partial charge is 0.326 e. The third kappa shape index (κ3) is 3.59. The Morgan fingerprint density at radius 2 is 2.05 bits per heavy atom. The van der Waals surface area contributed by atoms with E-state index in [4.69, 9.17) is 0 Å². The molecule has 1 saturated heterocycles.